The van der Waals surface area contributed by atoms with E-state index in [2.05, 4.69) is 29.4 Å². The van der Waals surface area contributed by atoms with Crippen LogP contribution in [-0.4, -0.2) is 30.8 Å². The van der Waals surface area contributed by atoms with Gasteiger partial charge in [-0.25, -0.2) is 4.98 Å². The van der Waals surface area contributed by atoms with Gasteiger partial charge in [-0.15, -0.1) is 0 Å². The van der Waals surface area contributed by atoms with E-state index in [1.807, 2.05) is 32.0 Å². The number of pyridine rings is 1. The number of fused-ring (bicyclic) bond motifs is 1. The first kappa shape index (κ1) is 15.7. The van der Waals surface area contributed by atoms with Gasteiger partial charge in [0.05, 0.1) is 31.4 Å². The first-order valence-corrected chi connectivity index (χ1v) is 7.52. The molecule has 0 saturated carbocycles. The monoisotopic (exact) mass is 288 g/mol. The molecule has 2 aromatic rings. The van der Waals surface area contributed by atoms with Crippen LogP contribution < -0.4 is 5.32 Å². The normalized spacial score (nSPS) is 11.2. The molecule has 0 radical (unpaired) electrons. The van der Waals surface area contributed by atoms with Gasteiger partial charge in [-0.3, -0.25) is 0 Å². The van der Waals surface area contributed by atoms with Crippen molar-refractivity contribution in [1.29, 1.82) is 0 Å². The molecule has 0 amide bonds. The van der Waals surface area contributed by atoms with Crippen LogP contribution in [0.5, 0.6) is 0 Å². The zero-order valence-electron chi connectivity index (χ0n) is 13.1. The lowest BCUT2D eigenvalue weighted by atomic mass is 10.1. The average Bonchev–Trinajstić information content (AvgIpc) is 2.47. The zero-order valence-corrected chi connectivity index (χ0v) is 13.1. The van der Waals surface area contributed by atoms with Gasteiger partial charge in [0.1, 0.15) is 5.82 Å². The fourth-order valence-electron chi connectivity index (χ4n) is 2.12. The molecule has 0 fully saturated rings. The average molecular weight is 288 g/mol. The van der Waals surface area contributed by atoms with Gasteiger partial charge in [0.25, 0.3) is 0 Å². The third-order valence-electron chi connectivity index (χ3n) is 3.08. The van der Waals surface area contributed by atoms with Gasteiger partial charge in [-0.05, 0) is 32.9 Å². The molecule has 4 heteroatoms. The second-order valence-corrected chi connectivity index (χ2v) is 5.19. The predicted octanol–water partition coefficient (Wildman–Crippen LogP) is 3.61. The van der Waals surface area contributed by atoms with Gasteiger partial charge in [0.15, 0.2) is 0 Å². The second kappa shape index (κ2) is 7.96. The number of aromatic nitrogens is 1. The molecular formula is C17H24N2O2. The van der Waals surface area contributed by atoms with Crippen molar-refractivity contribution in [3.63, 3.8) is 0 Å². The Bertz CT molecular complexity index is 570. The minimum atomic E-state index is 0.244. The second-order valence-electron chi connectivity index (χ2n) is 5.19. The van der Waals surface area contributed by atoms with Crippen molar-refractivity contribution in [2.24, 2.45) is 0 Å². The van der Waals surface area contributed by atoms with E-state index < -0.39 is 0 Å². The van der Waals surface area contributed by atoms with E-state index >= 15 is 0 Å². The summed E-state index contributed by atoms with van der Waals surface area (Å²) in [5.74, 6) is 0.904. The quantitative estimate of drug-likeness (QED) is 0.754. The van der Waals surface area contributed by atoms with Crippen LogP contribution in [0.1, 0.15) is 26.3 Å². The molecule has 0 spiro atoms. The summed E-state index contributed by atoms with van der Waals surface area (Å²) >= 11 is 0. The van der Waals surface area contributed by atoms with Crippen molar-refractivity contribution in [3.05, 3.63) is 35.9 Å². The molecule has 4 nitrogen and oxygen atoms in total. The highest BCUT2D eigenvalue weighted by molar-refractivity contribution is 5.81. The minimum Gasteiger partial charge on any atom is -0.376 e. The van der Waals surface area contributed by atoms with E-state index in [9.17, 15) is 0 Å². The van der Waals surface area contributed by atoms with Gasteiger partial charge in [-0.2, -0.15) is 0 Å². The van der Waals surface area contributed by atoms with E-state index in [0.29, 0.717) is 19.8 Å². The molecule has 1 aromatic carbocycles. The SMILES string of the molecule is CCNc1nc2ccccc2cc1COCCOC(C)C. The maximum atomic E-state index is 5.70. The maximum Gasteiger partial charge on any atom is 0.132 e. The van der Waals surface area contributed by atoms with E-state index in [1.165, 1.54) is 0 Å². The van der Waals surface area contributed by atoms with Crippen LogP contribution in [0.3, 0.4) is 0 Å². The van der Waals surface area contributed by atoms with E-state index in [0.717, 1.165) is 28.8 Å². The van der Waals surface area contributed by atoms with Crippen molar-refractivity contribution in [3.8, 4) is 0 Å². The first-order chi connectivity index (χ1) is 10.2. The first-order valence-electron chi connectivity index (χ1n) is 7.52. The Kier molecular flexibility index (Phi) is 5.96. The number of rotatable bonds is 8. The van der Waals surface area contributed by atoms with Crippen molar-refractivity contribution < 1.29 is 9.47 Å². The van der Waals surface area contributed by atoms with Crippen molar-refractivity contribution >= 4 is 16.7 Å². The van der Waals surface area contributed by atoms with Crippen LogP contribution in [0.4, 0.5) is 5.82 Å². The smallest absolute Gasteiger partial charge is 0.132 e. The molecular weight excluding hydrogens is 264 g/mol. The number of hydrogen-bond acceptors (Lipinski definition) is 4. The van der Waals surface area contributed by atoms with Crippen molar-refractivity contribution in [2.75, 3.05) is 25.1 Å². The molecule has 1 heterocycles. The Balaban J connectivity index is 2.04. The molecule has 0 bridgehead atoms. The summed E-state index contributed by atoms with van der Waals surface area (Å²) in [4.78, 5) is 4.67. The summed E-state index contributed by atoms with van der Waals surface area (Å²) in [6.45, 7) is 8.72. The van der Waals surface area contributed by atoms with Gasteiger partial charge >= 0.3 is 0 Å². The fourth-order valence-corrected chi connectivity index (χ4v) is 2.12. The zero-order chi connectivity index (χ0) is 15.1. The number of para-hydroxylation sites is 1. The Morgan fingerprint density at radius 3 is 2.76 bits per heavy atom. The number of anilines is 1. The Morgan fingerprint density at radius 2 is 2.00 bits per heavy atom. The molecule has 0 aliphatic rings. The van der Waals surface area contributed by atoms with Gasteiger partial charge in [0.2, 0.25) is 0 Å². The molecule has 0 aliphatic heterocycles. The number of ether oxygens (including phenoxy) is 2. The highest BCUT2D eigenvalue weighted by Crippen LogP contribution is 2.21. The summed E-state index contributed by atoms with van der Waals surface area (Å²) in [5.41, 5.74) is 2.08. The van der Waals surface area contributed by atoms with Crippen LogP contribution >= 0.6 is 0 Å². The number of hydrogen-bond donors (Lipinski definition) is 1. The van der Waals surface area contributed by atoms with Crippen molar-refractivity contribution in [2.45, 2.75) is 33.5 Å². The highest BCUT2D eigenvalue weighted by Gasteiger charge is 2.06. The fraction of sp³-hybridized carbons (Fsp3) is 0.471. The molecule has 1 N–H and O–H groups in total. The third kappa shape index (κ3) is 4.69. The minimum absolute atomic E-state index is 0.244. The van der Waals surface area contributed by atoms with Crippen LogP contribution in [0.15, 0.2) is 30.3 Å². The largest absolute Gasteiger partial charge is 0.376 e. The summed E-state index contributed by atoms with van der Waals surface area (Å²) < 4.78 is 11.2. The topological polar surface area (TPSA) is 43.4 Å². The van der Waals surface area contributed by atoms with Crippen molar-refractivity contribution in [1.82, 2.24) is 4.98 Å². The molecule has 114 valence electrons. The molecule has 2 rings (SSSR count). The van der Waals surface area contributed by atoms with Gasteiger partial charge < -0.3 is 14.8 Å². The molecule has 1 aromatic heterocycles. The van der Waals surface area contributed by atoms with Gasteiger partial charge in [0, 0.05) is 17.5 Å². The lowest BCUT2D eigenvalue weighted by Gasteiger charge is -2.12. The highest BCUT2D eigenvalue weighted by atomic mass is 16.5. The standard InChI is InChI=1S/C17H24N2O2/c1-4-18-17-15(12-20-9-10-21-13(2)3)11-14-7-5-6-8-16(14)19-17/h5-8,11,13H,4,9-10,12H2,1-3H3,(H,18,19). The third-order valence-corrected chi connectivity index (χ3v) is 3.08. The van der Waals surface area contributed by atoms with Crippen LogP contribution in [-0.2, 0) is 16.1 Å². The number of nitrogens with zero attached hydrogens (tertiary/aromatic N) is 1. The van der Waals surface area contributed by atoms with E-state index in [4.69, 9.17) is 9.47 Å². The predicted molar refractivity (Wildman–Crippen MR) is 86.7 cm³/mol. The molecule has 0 unspecified atom stereocenters. The molecule has 0 aliphatic carbocycles. The van der Waals surface area contributed by atoms with Crippen LogP contribution in [0, 0.1) is 0 Å². The number of benzene rings is 1. The Hall–Kier alpha value is -1.65. The summed E-state index contributed by atoms with van der Waals surface area (Å²) in [5, 5.41) is 4.44. The summed E-state index contributed by atoms with van der Waals surface area (Å²) in [7, 11) is 0. The van der Waals surface area contributed by atoms with Crippen LogP contribution in [0.25, 0.3) is 10.9 Å². The van der Waals surface area contributed by atoms with Crippen LogP contribution in [0.2, 0.25) is 0 Å². The molecule has 0 atom stereocenters. The summed E-state index contributed by atoms with van der Waals surface area (Å²) in [6, 6.07) is 10.3. The lowest BCUT2D eigenvalue weighted by Crippen LogP contribution is -2.10. The summed E-state index contributed by atoms with van der Waals surface area (Å²) in [6.07, 6.45) is 0.244. The lowest BCUT2D eigenvalue weighted by molar-refractivity contribution is 0.0144. The van der Waals surface area contributed by atoms with Gasteiger partial charge in [-0.1, -0.05) is 18.2 Å². The van der Waals surface area contributed by atoms with E-state index in [-0.39, 0.29) is 6.10 Å². The molecule has 21 heavy (non-hydrogen) atoms. The molecule has 0 saturated heterocycles. The number of nitrogens with one attached hydrogen (secondary N) is 1. The Morgan fingerprint density at radius 1 is 1.19 bits per heavy atom. The van der Waals surface area contributed by atoms with E-state index in [1.54, 1.807) is 0 Å². The Labute approximate surface area is 126 Å². The maximum absolute atomic E-state index is 5.70.